The van der Waals surface area contributed by atoms with Crippen molar-refractivity contribution in [1.82, 2.24) is 0 Å². The molecule has 0 atom stereocenters. The van der Waals surface area contributed by atoms with E-state index in [1.807, 2.05) is 0 Å². The Labute approximate surface area is 67.8 Å². The second-order valence-corrected chi connectivity index (χ2v) is 6.60. The van der Waals surface area contributed by atoms with Gasteiger partial charge in [-0.1, -0.05) is 0 Å². The largest absolute Gasteiger partial charge is 0.147 e. The maximum atomic E-state index is 2.32. The molecule has 0 saturated carbocycles. The monoisotopic (exact) mass is 170 g/mol. The third-order valence-electron chi connectivity index (χ3n) is 0.667. The van der Waals surface area contributed by atoms with E-state index in [0.29, 0.717) is 19.2 Å². The van der Waals surface area contributed by atoms with E-state index in [4.69, 9.17) is 0 Å². The Kier molecular flexibility index (Phi) is 9.01. The number of hydrogen-bond donors (Lipinski definition) is 0. The van der Waals surface area contributed by atoms with Crippen LogP contribution in [-0.2, 0) is 19.2 Å². The molecule has 0 bridgehead atoms. The molecule has 0 amide bonds. The quantitative estimate of drug-likeness (QED) is 0.559. The van der Waals surface area contributed by atoms with Crippen molar-refractivity contribution in [2.24, 2.45) is 0 Å². The molecule has 0 radical (unpaired) electrons. The van der Waals surface area contributed by atoms with E-state index in [1.54, 1.807) is 0 Å². The molecule has 2 heteroatoms. The average Bonchev–Trinajstić information content (AvgIpc) is 1.27. The molecule has 0 fully saturated rings. The minimum atomic E-state index is 0. The van der Waals surface area contributed by atoms with Gasteiger partial charge in [-0.25, -0.2) is 0 Å². The first-order valence-corrected chi connectivity index (χ1v) is 4.69. The molecule has 0 aliphatic carbocycles. The van der Waals surface area contributed by atoms with E-state index in [1.165, 1.54) is 0 Å². The molecular weight excluding hydrogens is 155 g/mol. The van der Waals surface area contributed by atoms with Crippen molar-refractivity contribution >= 4 is 12.4 Å². The number of rotatable bonds is 2. The molecule has 50 valence electrons. The van der Waals surface area contributed by atoms with E-state index in [9.17, 15) is 0 Å². The molecule has 0 aromatic carbocycles. The van der Waals surface area contributed by atoms with Crippen molar-refractivity contribution in [3.8, 4) is 0 Å². The second-order valence-electron chi connectivity index (χ2n) is 2.48. The van der Waals surface area contributed by atoms with Crippen molar-refractivity contribution in [2.75, 3.05) is 0 Å². The second kappa shape index (κ2) is 6.13. The zero-order valence-electron chi connectivity index (χ0n) is 6.06. The average molecular weight is 171 g/mol. The van der Waals surface area contributed by atoms with Crippen LogP contribution >= 0.6 is 12.4 Å². The van der Waals surface area contributed by atoms with Gasteiger partial charge < -0.3 is 0 Å². The Hall–Kier alpha value is 1.00. The van der Waals surface area contributed by atoms with Gasteiger partial charge in [0.2, 0.25) is 0 Å². The van der Waals surface area contributed by atoms with Gasteiger partial charge in [-0.2, -0.15) is 0 Å². The predicted molar refractivity (Wildman–Crippen MR) is 37.4 cm³/mol. The van der Waals surface area contributed by atoms with E-state index >= 15 is 0 Å². The molecule has 0 saturated heterocycles. The summed E-state index contributed by atoms with van der Waals surface area (Å²) in [7, 11) is 0. The number of hydrogen-bond acceptors (Lipinski definition) is 0. The van der Waals surface area contributed by atoms with Crippen molar-refractivity contribution in [3.63, 3.8) is 0 Å². The summed E-state index contributed by atoms with van der Waals surface area (Å²) in [6.07, 6.45) is 0. The molecule has 0 aromatic heterocycles. The fraction of sp³-hybridized carbons (Fsp3) is 1.00. The third kappa shape index (κ3) is 10.1. The topological polar surface area (TPSA) is 0 Å². The predicted octanol–water partition coefficient (Wildman–Crippen LogP) is 3.15. The Bertz CT molecular complexity index is 37.8. The van der Waals surface area contributed by atoms with Crippen LogP contribution in [-0.4, -0.2) is 0 Å². The standard InChI is InChI=1S/2C3H7.ClH.Ti/c2*1-3-2;;/h2*3H,1-2H3;1H;. The van der Waals surface area contributed by atoms with Crippen LogP contribution in [0.15, 0.2) is 0 Å². The Balaban J connectivity index is 0. The third-order valence-corrected chi connectivity index (χ3v) is 2.75. The fourth-order valence-corrected chi connectivity index (χ4v) is 2.75. The molecular formula is C6H15ClTi. The van der Waals surface area contributed by atoms with Gasteiger partial charge in [0.05, 0.1) is 0 Å². The van der Waals surface area contributed by atoms with Gasteiger partial charge in [0.1, 0.15) is 0 Å². The minimum Gasteiger partial charge on any atom is -0.147 e. The van der Waals surface area contributed by atoms with Crippen LogP contribution < -0.4 is 0 Å². The van der Waals surface area contributed by atoms with Crippen LogP contribution in [0.3, 0.4) is 0 Å². The summed E-state index contributed by atoms with van der Waals surface area (Å²) in [5.74, 6) is 0. The molecule has 0 nitrogen and oxygen atoms in total. The Morgan fingerprint density at radius 3 is 1.12 bits per heavy atom. The van der Waals surface area contributed by atoms with E-state index in [0.717, 1.165) is 8.45 Å². The summed E-state index contributed by atoms with van der Waals surface area (Å²) < 4.78 is 2.00. The maximum absolute atomic E-state index is 2.32. The van der Waals surface area contributed by atoms with E-state index in [-0.39, 0.29) is 12.4 Å². The van der Waals surface area contributed by atoms with Gasteiger partial charge >= 0.3 is 55.3 Å². The first-order valence-electron chi connectivity index (χ1n) is 2.89. The van der Waals surface area contributed by atoms with Crippen molar-refractivity contribution in [1.29, 1.82) is 0 Å². The van der Waals surface area contributed by atoms with Gasteiger partial charge in [-0.15, -0.1) is 12.4 Å². The van der Waals surface area contributed by atoms with Crippen LogP contribution in [0.2, 0.25) is 8.45 Å². The zero-order valence-corrected chi connectivity index (χ0v) is 8.44. The zero-order chi connectivity index (χ0) is 5.86. The molecule has 0 N–H and O–H groups in total. The number of halogens is 1. The normalized spacial score (nSPS) is 9.25. The van der Waals surface area contributed by atoms with Gasteiger partial charge in [-0.3, -0.25) is 0 Å². The molecule has 8 heavy (non-hydrogen) atoms. The van der Waals surface area contributed by atoms with Crippen molar-refractivity contribution in [2.45, 2.75) is 36.1 Å². The first kappa shape index (κ1) is 11.8. The Morgan fingerprint density at radius 1 is 0.875 bits per heavy atom. The summed E-state index contributed by atoms with van der Waals surface area (Å²) in [6.45, 7) is 9.28. The van der Waals surface area contributed by atoms with Crippen molar-refractivity contribution in [3.05, 3.63) is 0 Å². The van der Waals surface area contributed by atoms with Crippen LogP contribution in [0, 0.1) is 0 Å². The maximum Gasteiger partial charge on any atom is -0.147 e. The summed E-state index contributed by atoms with van der Waals surface area (Å²) in [6, 6.07) is 0. The van der Waals surface area contributed by atoms with E-state index in [2.05, 4.69) is 27.7 Å². The SMILES string of the molecule is C[CH](C)[Ti][CH](C)C.Cl. The van der Waals surface area contributed by atoms with Crippen LogP contribution in [0.5, 0.6) is 0 Å². The summed E-state index contributed by atoms with van der Waals surface area (Å²) in [5, 5.41) is 0. The van der Waals surface area contributed by atoms with Gasteiger partial charge in [0.25, 0.3) is 0 Å². The smallest absolute Gasteiger partial charge is 0.147 e. The molecule has 0 rings (SSSR count). The van der Waals surface area contributed by atoms with E-state index < -0.39 is 0 Å². The molecule has 0 heterocycles. The summed E-state index contributed by atoms with van der Waals surface area (Å²) in [4.78, 5) is 0. The molecule has 0 aliphatic rings. The first-order chi connectivity index (χ1) is 3.13. The Morgan fingerprint density at radius 2 is 1.12 bits per heavy atom. The minimum absolute atomic E-state index is 0. The van der Waals surface area contributed by atoms with Crippen LogP contribution in [0.4, 0.5) is 0 Å². The fourth-order valence-electron chi connectivity index (χ4n) is 0.667. The summed E-state index contributed by atoms with van der Waals surface area (Å²) in [5.41, 5.74) is 0. The van der Waals surface area contributed by atoms with Crippen LogP contribution in [0.25, 0.3) is 0 Å². The van der Waals surface area contributed by atoms with Gasteiger partial charge in [0.15, 0.2) is 0 Å². The van der Waals surface area contributed by atoms with Crippen LogP contribution in [0.1, 0.15) is 27.7 Å². The molecule has 0 spiro atoms. The summed E-state index contributed by atoms with van der Waals surface area (Å²) >= 11 is 0.389. The van der Waals surface area contributed by atoms with Gasteiger partial charge in [-0.05, 0) is 0 Å². The molecule has 0 aromatic rings. The molecule has 0 unspecified atom stereocenters. The molecule has 0 aliphatic heterocycles. The van der Waals surface area contributed by atoms with Crippen molar-refractivity contribution < 1.29 is 19.2 Å². The van der Waals surface area contributed by atoms with Gasteiger partial charge in [0, 0.05) is 0 Å².